The van der Waals surface area contributed by atoms with Crippen molar-refractivity contribution in [3.63, 3.8) is 0 Å². The molecule has 3 rings (SSSR count). The highest BCUT2D eigenvalue weighted by atomic mass is 32.2. The van der Waals surface area contributed by atoms with Gasteiger partial charge in [0.05, 0.1) is 23.7 Å². The Hall–Kier alpha value is -2.45. The van der Waals surface area contributed by atoms with Crippen molar-refractivity contribution in [2.24, 2.45) is 4.99 Å². The number of nitrogens with zero attached hydrogens (tertiary/aromatic N) is 2. The molecule has 0 spiro atoms. The van der Waals surface area contributed by atoms with E-state index in [-0.39, 0.29) is 24.7 Å². The molecular formula is C20H19FN2O3S2. The van der Waals surface area contributed by atoms with Crippen LogP contribution in [-0.4, -0.2) is 29.3 Å². The van der Waals surface area contributed by atoms with E-state index < -0.39 is 5.97 Å². The van der Waals surface area contributed by atoms with Gasteiger partial charge in [0.2, 0.25) is 0 Å². The molecular weight excluding hydrogens is 399 g/mol. The first-order valence-electron chi connectivity index (χ1n) is 8.65. The Kier molecular flexibility index (Phi) is 6.64. The molecule has 3 aromatic rings. The Labute approximate surface area is 169 Å². The number of carbonyl (C=O) groups is 2. The average molecular weight is 419 g/mol. The summed E-state index contributed by atoms with van der Waals surface area (Å²) in [4.78, 5) is 29.9. The lowest BCUT2D eigenvalue weighted by Gasteiger charge is -2.04. The monoisotopic (exact) mass is 418 g/mol. The molecule has 0 N–H and O–H groups in total. The molecule has 1 amide bonds. The summed E-state index contributed by atoms with van der Waals surface area (Å²) < 4.78 is 20.5. The highest BCUT2D eigenvalue weighted by Crippen LogP contribution is 2.20. The molecule has 28 heavy (non-hydrogen) atoms. The Morgan fingerprint density at radius 3 is 2.64 bits per heavy atom. The number of hydrogen-bond donors (Lipinski definition) is 0. The zero-order valence-electron chi connectivity index (χ0n) is 15.5. The van der Waals surface area contributed by atoms with Crippen LogP contribution in [0.4, 0.5) is 4.39 Å². The molecule has 0 saturated heterocycles. The van der Waals surface area contributed by atoms with E-state index in [0.29, 0.717) is 15.0 Å². The first kappa shape index (κ1) is 20.3. The summed E-state index contributed by atoms with van der Waals surface area (Å²) in [6.07, 6.45) is 0.151. The molecule has 0 aliphatic carbocycles. The molecule has 0 unspecified atom stereocenters. The zero-order valence-corrected chi connectivity index (χ0v) is 17.1. The Bertz CT molecular complexity index is 1070. The molecule has 0 fully saturated rings. The van der Waals surface area contributed by atoms with Crippen LogP contribution in [-0.2, 0) is 27.3 Å². The molecule has 1 aromatic heterocycles. The molecule has 1 heterocycles. The summed E-state index contributed by atoms with van der Waals surface area (Å²) in [6, 6.07) is 12.0. The second-order valence-electron chi connectivity index (χ2n) is 5.92. The quantitative estimate of drug-likeness (QED) is 0.451. The van der Waals surface area contributed by atoms with Crippen molar-refractivity contribution < 1.29 is 18.7 Å². The largest absolute Gasteiger partial charge is 0.468 e. The van der Waals surface area contributed by atoms with Crippen LogP contribution in [0.25, 0.3) is 10.2 Å². The first-order valence-corrected chi connectivity index (χ1v) is 10.5. The van der Waals surface area contributed by atoms with Crippen LogP contribution in [0.15, 0.2) is 52.4 Å². The van der Waals surface area contributed by atoms with Crippen LogP contribution in [0.5, 0.6) is 0 Å². The minimum Gasteiger partial charge on any atom is -0.468 e. The predicted octanol–water partition coefficient (Wildman–Crippen LogP) is 3.80. The van der Waals surface area contributed by atoms with Gasteiger partial charge >= 0.3 is 5.97 Å². The Morgan fingerprint density at radius 2 is 1.96 bits per heavy atom. The van der Waals surface area contributed by atoms with Gasteiger partial charge in [0.25, 0.3) is 5.91 Å². The van der Waals surface area contributed by atoms with Crippen molar-refractivity contribution in [1.82, 2.24) is 4.57 Å². The van der Waals surface area contributed by atoms with E-state index in [9.17, 15) is 14.0 Å². The van der Waals surface area contributed by atoms with Gasteiger partial charge in [-0.1, -0.05) is 30.4 Å². The van der Waals surface area contributed by atoms with Gasteiger partial charge in [-0.25, -0.2) is 4.39 Å². The number of hydrogen-bond acceptors (Lipinski definition) is 5. The van der Waals surface area contributed by atoms with Gasteiger partial charge in [-0.2, -0.15) is 4.99 Å². The molecule has 0 saturated carbocycles. The van der Waals surface area contributed by atoms with Crippen LogP contribution in [0.3, 0.4) is 0 Å². The third-order valence-electron chi connectivity index (χ3n) is 3.97. The summed E-state index contributed by atoms with van der Waals surface area (Å²) in [5, 5.41) is 0. The van der Waals surface area contributed by atoms with E-state index in [1.165, 1.54) is 19.2 Å². The number of thiazole rings is 1. The molecule has 0 bridgehead atoms. The van der Waals surface area contributed by atoms with Gasteiger partial charge in [-0.3, -0.25) is 9.59 Å². The number of esters is 1. The topological polar surface area (TPSA) is 60.7 Å². The summed E-state index contributed by atoms with van der Waals surface area (Å²) in [6.45, 7) is 1.98. The lowest BCUT2D eigenvalue weighted by atomic mass is 10.1. The highest BCUT2D eigenvalue weighted by Gasteiger charge is 2.12. The van der Waals surface area contributed by atoms with Crippen molar-refractivity contribution in [2.75, 3.05) is 12.9 Å². The number of amides is 1. The van der Waals surface area contributed by atoms with Crippen LogP contribution in [0, 0.1) is 5.82 Å². The van der Waals surface area contributed by atoms with Crippen LogP contribution in [0.2, 0.25) is 0 Å². The molecule has 2 aromatic carbocycles. The van der Waals surface area contributed by atoms with Crippen molar-refractivity contribution >= 4 is 45.2 Å². The summed E-state index contributed by atoms with van der Waals surface area (Å²) >= 11 is 2.90. The van der Waals surface area contributed by atoms with Gasteiger partial charge in [0, 0.05) is 4.90 Å². The number of halogens is 1. The third kappa shape index (κ3) is 4.88. The fourth-order valence-corrected chi connectivity index (χ4v) is 4.40. The molecule has 0 aliphatic rings. The second-order valence-corrected chi connectivity index (χ2v) is 8.26. The summed E-state index contributed by atoms with van der Waals surface area (Å²) in [5.41, 5.74) is 1.49. The van der Waals surface area contributed by atoms with Crippen molar-refractivity contribution in [3.05, 3.63) is 58.6 Å². The molecule has 146 valence electrons. The number of rotatable bonds is 6. The van der Waals surface area contributed by atoms with Gasteiger partial charge in [-0.15, -0.1) is 11.8 Å². The van der Waals surface area contributed by atoms with Crippen molar-refractivity contribution in [3.8, 4) is 0 Å². The van der Waals surface area contributed by atoms with Crippen LogP contribution < -0.4 is 4.80 Å². The predicted molar refractivity (Wildman–Crippen MR) is 109 cm³/mol. The lowest BCUT2D eigenvalue weighted by molar-refractivity contribution is -0.141. The fraction of sp³-hybridized carbons (Fsp3) is 0.250. The number of carbonyl (C=O) groups excluding carboxylic acids is 2. The maximum absolute atomic E-state index is 13.6. The van der Waals surface area contributed by atoms with Gasteiger partial charge in [0.1, 0.15) is 12.4 Å². The van der Waals surface area contributed by atoms with E-state index in [4.69, 9.17) is 4.74 Å². The smallest absolute Gasteiger partial charge is 0.325 e. The number of benzene rings is 2. The van der Waals surface area contributed by atoms with E-state index in [1.807, 2.05) is 24.3 Å². The second kappa shape index (κ2) is 9.16. The first-order chi connectivity index (χ1) is 13.5. The van der Waals surface area contributed by atoms with E-state index in [1.54, 1.807) is 22.4 Å². The van der Waals surface area contributed by atoms with E-state index in [2.05, 4.69) is 11.9 Å². The van der Waals surface area contributed by atoms with Gasteiger partial charge < -0.3 is 9.30 Å². The molecule has 8 heteroatoms. The molecule has 0 aliphatic heterocycles. The zero-order chi connectivity index (χ0) is 20.1. The van der Waals surface area contributed by atoms with Gasteiger partial charge in [0.15, 0.2) is 4.80 Å². The third-order valence-corrected chi connectivity index (χ3v) is 5.91. The van der Waals surface area contributed by atoms with Crippen molar-refractivity contribution in [2.45, 2.75) is 24.8 Å². The maximum atomic E-state index is 13.6. The average Bonchev–Trinajstić information content (AvgIpc) is 2.99. The molecule has 0 atom stereocenters. The number of aromatic nitrogens is 1. The SMILES string of the molecule is CCSc1ccc(CC(=O)N=c2sc3cc(F)ccc3n2CC(=O)OC)cc1. The van der Waals surface area contributed by atoms with E-state index in [0.717, 1.165) is 27.5 Å². The minimum atomic E-state index is -0.470. The number of thioether (sulfide) groups is 1. The van der Waals surface area contributed by atoms with E-state index >= 15 is 0 Å². The number of ether oxygens (including phenoxy) is 1. The van der Waals surface area contributed by atoms with Gasteiger partial charge in [-0.05, 0) is 41.6 Å². The minimum absolute atomic E-state index is 0.100. The van der Waals surface area contributed by atoms with Crippen LogP contribution in [0.1, 0.15) is 12.5 Å². The Balaban J connectivity index is 1.91. The fourth-order valence-electron chi connectivity index (χ4n) is 2.67. The highest BCUT2D eigenvalue weighted by molar-refractivity contribution is 7.99. The Morgan fingerprint density at radius 1 is 1.21 bits per heavy atom. The number of fused-ring (bicyclic) bond motifs is 1. The molecule has 0 radical (unpaired) electrons. The standard InChI is InChI=1S/C20H19FN2O3S2/c1-3-27-15-7-4-13(5-8-15)10-18(24)22-20-23(12-19(25)26-2)16-9-6-14(21)11-17(16)28-20/h4-9,11H,3,10,12H2,1-2H3. The maximum Gasteiger partial charge on any atom is 0.325 e. The van der Waals surface area contributed by atoms with Crippen molar-refractivity contribution in [1.29, 1.82) is 0 Å². The summed E-state index contributed by atoms with van der Waals surface area (Å²) in [7, 11) is 1.29. The normalized spacial score (nSPS) is 11.8. The number of methoxy groups -OCH3 is 1. The lowest BCUT2D eigenvalue weighted by Crippen LogP contribution is -2.22. The van der Waals surface area contributed by atoms with Crippen LogP contribution >= 0.6 is 23.1 Å². The summed E-state index contributed by atoms with van der Waals surface area (Å²) in [5.74, 6) is -0.203. The molecule has 5 nitrogen and oxygen atoms in total.